The summed E-state index contributed by atoms with van der Waals surface area (Å²) >= 11 is 1.45. The van der Waals surface area contributed by atoms with Gasteiger partial charge < -0.3 is 0 Å². The highest BCUT2D eigenvalue weighted by Gasteiger charge is 2.25. The van der Waals surface area contributed by atoms with E-state index in [9.17, 15) is 9.59 Å². The lowest BCUT2D eigenvalue weighted by molar-refractivity contribution is -0.119. The van der Waals surface area contributed by atoms with Gasteiger partial charge in [-0.2, -0.15) is 0 Å². The van der Waals surface area contributed by atoms with E-state index < -0.39 is 0 Å². The summed E-state index contributed by atoms with van der Waals surface area (Å²) < 4.78 is 1.72. The molecule has 1 saturated carbocycles. The minimum atomic E-state index is -0.101. The van der Waals surface area contributed by atoms with E-state index in [2.05, 4.69) is 0 Å². The number of Topliss-reactive ketones (excluding diaryl/α,β-unsaturated/α-hetero) is 1. The van der Waals surface area contributed by atoms with Crippen LogP contribution in [-0.4, -0.2) is 20.6 Å². The lowest BCUT2D eigenvalue weighted by atomic mass is 9.99. The fraction of sp³-hybridized carbons (Fsp3) is 0.318. The van der Waals surface area contributed by atoms with E-state index in [0.717, 1.165) is 24.8 Å². The number of fused-ring (bicyclic) bond motifs is 1. The fourth-order valence-corrected chi connectivity index (χ4v) is 4.67. The van der Waals surface area contributed by atoms with Gasteiger partial charge in [0.05, 0.1) is 22.7 Å². The smallest absolute Gasteiger partial charge is 0.262 e. The summed E-state index contributed by atoms with van der Waals surface area (Å²) in [6, 6.07) is 15.6. The Morgan fingerprint density at radius 1 is 1.07 bits per heavy atom. The second-order valence-electron chi connectivity index (χ2n) is 7.11. The number of aromatic nitrogens is 2. The average Bonchev–Trinajstić information content (AvgIpc) is 2.68. The molecule has 0 N–H and O–H groups in total. The number of nitrogens with zero attached hydrogens (tertiary/aromatic N) is 2. The predicted octanol–water partition coefficient (Wildman–Crippen LogP) is 4.36. The van der Waals surface area contributed by atoms with E-state index >= 15 is 0 Å². The Bertz CT molecular complexity index is 1040. The largest absolute Gasteiger partial charge is 0.298 e. The zero-order valence-electron chi connectivity index (χ0n) is 15.4. The molecule has 1 unspecified atom stereocenters. The van der Waals surface area contributed by atoms with Crippen molar-refractivity contribution in [3.05, 3.63) is 70.0 Å². The van der Waals surface area contributed by atoms with Crippen molar-refractivity contribution < 1.29 is 4.79 Å². The maximum Gasteiger partial charge on any atom is 0.262 e. The highest BCUT2D eigenvalue weighted by Crippen LogP contribution is 2.31. The normalized spacial score (nSPS) is 17.4. The molecule has 1 aliphatic carbocycles. The first-order chi connectivity index (χ1) is 13.1. The van der Waals surface area contributed by atoms with Crippen LogP contribution in [0.3, 0.4) is 0 Å². The molecule has 1 heterocycles. The second-order valence-corrected chi connectivity index (χ2v) is 8.28. The summed E-state index contributed by atoms with van der Waals surface area (Å²) in [7, 11) is 0. The standard InChI is InChI=1S/C22H22N2O2S/c1-15-10-12-16(13-11-15)14-24-21(26)17-6-2-3-7-18(17)23-22(24)27-20-9-5-4-8-19(20)25/h2-3,6-7,10-13,20H,4-5,8-9,14H2,1H3. The van der Waals surface area contributed by atoms with Crippen molar-refractivity contribution in [1.82, 2.24) is 9.55 Å². The van der Waals surface area contributed by atoms with Gasteiger partial charge in [0.15, 0.2) is 5.16 Å². The van der Waals surface area contributed by atoms with Gasteiger partial charge in [-0.15, -0.1) is 0 Å². The summed E-state index contributed by atoms with van der Waals surface area (Å²) in [5, 5.41) is 1.15. The fourth-order valence-electron chi connectivity index (χ4n) is 3.46. The zero-order valence-corrected chi connectivity index (χ0v) is 16.2. The molecule has 3 aromatic rings. The van der Waals surface area contributed by atoms with Crippen molar-refractivity contribution in [2.75, 3.05) is 0 Å². The van der Waals surface area contributed by atoms with Gasteiger partial charge in [0.1, 0.15) is 5.78 Å². The molecule has 2 aromatic carbocycles. The highest BCUT2D eigenvalue weighted by atomic mass is 32.2. The van der Waals surface area contributed by atoms with Gasteiger partial charge in [-0.05, 0) is 37.5 Å². The molecule has 0 radical (unpaired) electrons. The molecule has 5 heteroatoms. The van der Waals surface area contributed by atoms with Crippen LogP contribution in [0.5, 0.6) is 0 Å². The summed E-state index contributed by atoms with van der Waals surface area (Å²) in [5.74, 6) is 0.274. The second kappa shape index (κ2) is 7.69. The van der Waals surface area contributed by atoms with Crippen molar-refractivity contribution in [3.63, 3.8) is 0 Å². The number of ketones is 1. The van der Waals surface area contributed by atoms with Crippen LogP contribution in [0.15, 0.2) is 58.5 Å². The van der Waals surface area contributed by atoms with E-state index in [1.165, 1.54) is 17.3 Å². The highest BCUT2D eigenvalue weighted by molar-refractivity contribution is 8.00. The van der Waals surface area contributed by atoms with Crippen molar-refractivity contribution in [1.29, 1.82) is 0 Å². The zero-order chi connectivity index (χ0) is 18.8. The Morgan fingerprint density at radius 2 is 1.85 bits per heavy atom. The Kier molecular flexibility index (Phi) is 5.12. The molecule has 0 bridgehead atoms. The van der Waals surface area contributed by atoms with Crippen LogP contribution in [0, 0.1) is 6.92 Å². The van der Waals surface area contributed by atoms with Gasteiger partial charge in [0, 0.05) is 6.42 Å². The Morgan fingerprint density at radius 3 is 2.63 bits per heavy atom. The number of hydrogen-bond donors (Lipinski definition) is 0. The minimum Gasteiger partial charge on any atom is -0.298 e. The average molecular weight is 378 g/mol. The molecule has 27 heavy (non-hydrogen) atoms. The number of thioether (sulfide) groups is 1. The minimum absolute atomic E-state index is 0.0491. The van der Waals surface area contributed by atoms with Crippen LogP contribution in [0.4, 0.5) is 0 Å². The first-order valence-electron chi connectivity index (χ1n) is 9.36. The topological polar surface area (TPSA) is 52.0 Å². The Labute approximate surface area is 162 Å². The number of hydrogen-bond acceptors (Lipinski definition) is 4. The number of carbonyl (C=O) groups is 1. The van der Waals surface area contributed by atoms with Crippen LogP contribution in [0.1, 0.15) is 36.8 Å². The quantitative estimate of drug-likeness (QED) is 0.633. The number of benzene rings is 2. The summed E-state index contributed by atoms with van der Waals surface area (Å²) in [6.45, 7) is 2.50. The molecule has 1 fully saturated rings. The molecule has 0 spiro atoms. The van der Waals surface area contributed by atoms with Crippen molar-refractivity contribution in [2.45, 2.75) is 49.6 Å². The van der Waals surface area contributed by atoms with Crippen LogP contribution >= 0.6 is 11.8 Å². The number of para-hydroxylation sites is 1. The molecule has 1 aromatic heterocycles. The third-order valence-corrected chi connectivity index (χ3v) is 6.34. The van der Waals surface area contributed by atoms with Gasteiger partial charge >= 0.3 is 0 Å². The van der Waals surface area contributed by atoms with E-state index in [-0.39, 0.29) is 16.6 Å². The van der Waals surface area contributed by atoms with E-state index in [1.807, 2.05) is 55.5 Å². The maximum atomic E-state index is 13.2. The van der Waals surface area contributed by atoms with Crippen LogP contribution < -0.4 is 5.56 Å². The first kappa shape index (κ1) is 18.0. The molecule has 4 nitrogen and oxygen atoms in total. The maximum absolute atomic E-state index is 13.2. The summed E-state index contributed by atoms with van der Waals surface area (Å²) in [6.07, 6.45) is 3.51. The van der Waals surface area contributed by atoms with Gasteiger partial charge in [0.25, 0.3) is 5.56 Å². The Hall–Kier alpha value is -2.40. The SMILES string of the molecule is Cc1ccc(Cn2c(SC3CCCCC3=O)nc3ccccc3c2=O)cc1. The van der Waals surface area contributed by atoms with Crippen LogP contribution in [0.2, 0.25) is 0 Å². The molecular weight excluding hydrogens is 356 g/mol. The Balaban J connectivity index is 1.78. The van der Waals surface area contributed by atoms with Crippen molar-refractivity contribution in [3.8, 4) is 0 Å². The van der Waals surface area contributed by atoms with Gasteiger partial charge in [-0.25, -0.2) is 4.98 Å². The number of rotatable bonds is 4. The molecule has 138 valence electrons. The molecule has 4 rings (SSSR count). The lowest BCUT2D eigenvalue weighted by Gasteiger charge is -2.21. The monoisotopic (exact) mass is 378 g/mol. The molecule has 0 aliphatic heterocycles. The van der Waals surface area contributed by atoms with Gasteiger partial charge in [-0.3, -0.25) is 14.2 Å². The first-order valence-corrected chi connectivity index (χ1v) is 10.2. The molecule has 1 aliphatic rings. The lowest BCUT2D eigenvalue weighted by Crippen LogP contribution is -2.27. The molecule has 1 atom stereocenters. The summed E-state index contributed by atoms with van der Waals surface area (Å²) in [4.78, 5) is 30.2. The van der Waals surface area contributed by atoms with Gasteiger partial charge in [0.2, 0.25) is 0 Å². The third kappa shape index (κ3) is 3.83. The van der Waals surface area contributed by atoms with Gasteiger partial charge in [-0.1, -0.05) is 60.1 Å². The summed E-state index contributed by atoms with van der Waals surface area (Å²) in [5.41, 5.74) is 2.88. The molecular formula is C22H22N2O2S. The number of aryl methyl sites for hydroxylation is 1. The molecule has 0 amide bonds. The van der Waals surface area contributed by atoms with Crippen LogP contribution in [-0.2, 0) is 11.3 Å². The van der Waals surface area contributed by atoms with E-state index in [1.54, 1.807) is 4.57 Å². The van der Waals surface area contributed by atoms with Crippen LogP contribution in [0.25, 0.3) is 10.9 Å². The van der Waals surface area contributed by atoms with Crippen molar-refractivity contribution >= 4 is 28.4 Å². The number of carbonyl (C=O) groups excluding carboxylic acids is 1. The van der Waals surface area contributed by atoms with E-state index in [4.69, 9.17) is 4.98 Å². The van der Waals surface area contributed by atoms with Crippen molar-refractivity contribution in [2.24, 2.45) is 0 Å². The molecule has 0 saturated heterocycles. The third-order valence-electron chi connectivity index (χ3n) is 5.03. The predicted molar refractivity (Wildman–Crippen MR) is 109 cm³/mol. The van der Waals surface area contributed by atoms with E-state index in [0.29, 0.717) is 29.0 Å².